The van der Waals surface area contributed by atoms with Crippen molar-refractivity contribution in [3.8, 4) is 0 Å². The van der Waals surface area contributed by atoms with E-state index in [1.165, 1.54) is 49.7 Å². The monoisotopic (exact) mass is 400 g/mol. The highest BCUT2D eigenvalue weighted by molar-refractivity contribution is 6.30. The number of anilines is 3. The first-order valence-corrected chi connectivity index (χ1v) is 10.8. The number of benzene rings is 1. The van der Waals surface area contributed by atoms with Crippen LogP contribution in [0.25, 0.3) is 0 Å². The Morgan fingerprint density at radius 2 is 1.43 bits per heavy atom. The van der Waals surface area contributed by atoms with Crippen LogP contribution >= 0.6 is 11.6 Å². The Balaban J connectivity index is 1.57. The van der Waals surface area contributed by atoms with Crippen molar-refractivity contribution >= 4 is 29.4 Å². The van der Waals surface area contributed by atoms with E-state index in [4.69, 9.17) is 26.6 Å². The molecular weight excluding hydrogens is 372 g/mol. The molecule has 1 aromatic carbocycles. The van der Waals surface area contributed by atoms with Crippen molar-refractivity contribution in [1.29, 1.82) is 0 Å². The van der Waals surface area contributed by atoms with Crippen molar-refractivity contribution in [3.63, 3.8) is 0 Å². The predicted octanol–water partition coefficient (Wildman–Crippen LogP) is 4.43. The van der Waals surface area contributed by atoms with E-state index >= 15 is 0 Å². The van der Waals surface area contributed by atoms with Crippen LogP contribution in [0.2, 0.25) is 5.02 Å². The Hall–Kier alpha value is -2.08. The van der Waals surface area contributed by atoms with E-state index in [0.717, 1.165) is 43.1 Å². The van der Waals surface area contributed by atoms with Gasteiger partial charge in [-0.05, 0) is 68.7 Å². The standard InChI is InChI=1S/C21H29ClN6/c1-16-14-18(22)9-8-17(16)15-23-19-24-20(27-10-4-2-5-11-27)26-21(25-19)28-12-6-3-7-13-28/h8-9,14H,2-7,10-13,15H2,1H3,(H,23,24,25,26). The molecule has 0 radical (unpaired) electrons. The zero-order valence-corrected chi connectivity index (χ0v) is 17.4. The molecule has 2 aliphatic heterocycles. The van der Waals surface area contributed by atoms with E-state index in [1.54, 1.807) is 0 Å². The minimum Gasteiger partial charge on any atom is -0.350 e. The van der Waals surface area contributed by atoms with Gasteiger partial charge in [-0.3, -0.25) is 0 Å². The van der Waals surface area contributed by atoms with Crippen LogP contribution in [0.1, 0.15) is 49.7 Å². The number of hydrogen-bond donors (Lipinski definition) is 1. The normalized spacial score (nSPS) is 17.6. The summed E-state index contributed by atoms with van der Waals surface area (Å²) in [6.45, 7) is 6.86. The number of nitrogens with zero attached hydrogens (tertiary/aromatic N) is 5. The fraction of sp³-hybridized carbons (Fsp3) is 0.571. The molecule has 150 valence electrons. The minimum atomic E-state index is 0.658. The van der Waals surface area contributed by atoms with Crippen LogP contribution < -0.4 is 15.1 Å². The van der Waals surface area contributed by atoms with Gasteiger partial charge in [-0.25, -0.2) is 0 Å². The third kappa shape index (κ3) is 4.66. The quantitative estimate of drug-likeness (QED) is 0.801. The summed E-state index contributed by atoms with van der Waals surface area (Å²) in [5.41, 5.74) is 2.37. The number of piperidine rings is 2. The molecule has 0 bridgehead atoms. The molecule has 2 aromatic rings. The lowest BCUT2D eigenvalue weighted by Crippen LogP contribution is -2.34. The molecule has 28 heavy (non-hydrogen) atoms. The number of halogens is 1. The fourth-order valence-corrected chi connectivity index (χ4v) is 4.16. The van der Waals surface area contributed by atoms with Crippen LogP contribution in [0.3, 0.4) is 0 Å². The van der Waals surface area contributed by atoms with Crippen molar-refractivity contribution in [1.82, 2.24) is 15.0 Å². The molecule has 2 saturated heterocycles. The number of aromatic nitrogens is 3. The molecule has 0 spiro atoms. The molecule has 6 nitrogen and oxygen atoms in total. The number of hydrogen-bond acceptors (Lipinski definition) is 6. The molecule has 2 aliphatic rings. The molecule has 4 rings (SSSR count). The molecular formula is C21H29ClN6. The van der Waals surface area contributed by atoms with E-state index in [1.807, 2.05) is 12.1 Å². The lowest BCUT2D eigenvalue weighted by Gasteiger charge is -2.30. The molecule has 0 unspecified atom stereocenters. The molecule has 7 heteroatoms. The van der Waals surface area contributed by atoms with Gasteiger partial charge >= 0.3 is 0 Å². The summed E-state index contributed by atoms with van der Waals surface area (Å²) in [7, 11) is 0. The average molecular weight is 401 g/mol. The first-order chi connectivity index (χ1) is 13.7. The average Bonchev–Trinajstić information content (AvgIpc) is 2.74. The third-order valence-corrected chi connectivity index (χ3v) is 5.87. The van der Waals surface area contributed by atoms with Gasteiger partial charge in [0.05, 0.1) is 0 Å². The summed E-state index contributed by atoms with van der Waals surface area (Å²) >= 11 is 6.08. The zero-order chi connectivity index (χ0) is 19.3. The molecule has 1 N–H and O–H groups in total. The SMILES string of the molecule is Cc1cc(Cl)ccc1CNc1nc(N2CCCCC2)nc(N2CCCCC2)n1. The fourth-order valence-electron chi connectivity index (χ4n) is 3.94. The third-order valence-electron chi connectivity index (χ3n) is 5.63. The van der Waals surface area contributed by atoms with Gasteiger partial charge in [0.1, 0.15) is 0 Å². The van der Waals surface area contributed by atoms with Crippen LogP contribution in [-0.2, 0) is 6.54 Å². The molecule has 3 heterocycles. The molecule has 0 saturated carbocycles. The highest BCUT2D eigenvalue weighted by atomic mass is 35.5. The van der Waals surface area contributed by atoms with Gasteiger partial charge < -0.3 is 15.1 Å². The Morgan fingerprint density at radius 1 is 0.857 bits per heavy atom. The Bertz CT molecular complexity index is 763. The molecule has 0 amide bonds. The summed E-state index contributed by atoms with van der Waals surface area (Å²) in [5.74, 6) is 2.28. The first kappa shape index (κ1) is 19.2. The van der Waals surface area contributed by atoms with Gasteiger partial charge in [-0.15, -0.1) is 0 Å². The largest absolute Gasteiger partial charge is 0.350 e. The molecule has 0 atom stereocenters. The van der Waals surface area contributed by atoms with Gasteiger partial charge in [0.25, 0.3) is 0 Å². The number of aryl methyl sites for hydroxylation is 1. The highest BCUT2D eigenvalue weighted by Gasteiger charge is 2.20. The van der Waals surface area contributed by atoms with E-state index in [9.17, 15) is 0 Å². The van der Waals surface area contributed by atoms with Crippen LogP contribution in [-0.4, -0.2) is 41.1 Å². The molecule has 2 fully saturated rings. The van der Waals surface area contributed by atoms with Crippen molar-refractivity contribution in [2.75, 3.05) is 41.3 Å². The first-order valence-electron chi connectivity index (χ1n) is 10.4. The van der Waals surface area contributed by atoms with Crippen LogP contribution in [0, 0.1) is 6.92 Å². The highest BCUT2D eigenvalue weighted by Crippen LogP contribution is 2.23. The van der Waals surface area contributed by atoms with E-state index < -0.39 is 0 Å². The van der Waals surface area contributed by atoms with Gasteiger partial charge in [-0.1, -0.05) is 17.7 Å². The van der Waals surface area contributed by atoms with E-state index in [-0.39, 0.29) is 0 Å². The van der Waals surface area contributed by atoms with E-state index in [2.05, 4.69) is 28.1 Å². The zero-order valence-electron chi connectivity index (χ0n) is 16.6. The Morgan fingerprint density at radius 3 is 1.96 bits per heavy atom. The van der Waals surface area contributed by atoms with Gasteiger partial charge in [-0.2, -0.15) is 15.0 Å². The summed E-state index contributed by atoms with van der Waals surface area (Å²) < 4.78 is 0. The summed E-state index contributed by atoms with van der Waals surface area (Å²) in [6.07, 6.45) is 7.41. The maximum absolute atomic E-state index is 6.08. The van der Waals surface area contributed by atoms with E-state index in [0.29, 0.717) is 12.5 Å². The van der Waals surface area contributed by atoms with Crippen LogP contribution in [0.4, 0.5) is 17.8 Å². The Labute approximate surface area is 172 Å². The molecule has 0 aliphatic carbocycles. The van der Waals surface area contributed by atoms with Gasteiger partial charge in [0.15, 0.2) is 0 Å². The van der Waals surface area contributed by atoms with Gasteiger partial charge in [0, 0.05) is 37.7 Å². The summed E-state index contributed by atoms with van der Waals surface area (Å²) in [5, 5.41) is 4.19. The second kappa shape index (κ2) is 8.95. The smallest absolute Gasteiger partial charge is 0.231 e. The van der Waals surface area contributed by atoms with Gasteiger partial charge in [0.2, 0.25) is 17.8 Å². The second-order valence-electron chi connectivity index (χ2n) is 7.78. The topological polar surface area (TPSA) is 57.2 Å². The van der Waals surface area contributed by atoms with Crippen LogP contribution in [0.15, 0.2) is 18.2 Å². The lowest BCUT2D eigenvalue weighted by molar-refractivity contribution is 0.556. The summed E-state index contributed by atoms with van der Waals surface area (Å²) in [6, 6.07) is 5.98. The summed E-state index contributed by atoms with van der Waals surface area (Å²) in [4.78, 5) is 19.0. The Kier molecular flexibility index (Phi) is 6.15. The maximum atomic E-state index is 6.08. The van der Waals surface area contributed by atoms with Crippen molar-refractivity contribution in [2.24, 2.45) is 0 Å². The molecule has 1 aromatic heterocycles. The second-order valence-corrected chi connectivity index (χ2v) is 8.22. The predicted molar refractivity (Wildman–Crippen MR) is 115 cm³/mol. The number of nitrogens with one attached hydrogen (secondary N) is 1. The van der Waals surface area contributed by atoms with Crippen LogP contribution in [0.5, 0.6) is 0 Å². The maximum Gasteiger partial charge on any atom is 0.231 e. The van der Waals surface area contributed by atoms with Crippen molar-refractivity contribution in [2.45, 2.75) is 52.0 Å². The lowest BCUT2D eigenvalue weighted by atomic mass is 10.1. The number of rotatable bonds is 5. The van der Waals surface area contributed by atoms with Crippen molar-refractivity contribution in [3.05, 3.63) is 34.3 Å². The van der Waals surface area contributed by atoms with Crippen molar-refractivity contribution < 1.29 is 0 Å². The minimum absolute atomic E-state index is 0.658.